The fourth-order valence-electron chi connectivity index (χ4n) is 2.77. The Bertz CT molecular complexity index is 726. The smallest absolute Gasteiger partial charge is 0.335 e. The quantitative estimate of drug-likeness (QED) is 0.895. The van der Waals surface area contributed by atoms with Crippen molar-refractivity contribution < 1.29 is 14.6 Å². The first-order valence-electron chi connectivity index (χ1n) is 7.48. The van der Waals surface area contributed by atoms with Crippen LogP contribution in [0.1, 0.15) is 53.9 Å². The van der Waals surface area contributed by atoms with Crippen LogP contribution in [0.4, 0.5) is 0 Å². The van der Waals surface area contributed by atoms with Gasteiger partial charge in [-0.3, -0.25) is 0 Å². The zero-order chi connectivity index (χ0) is 15.9. The van der Waals surface area contributed by atoms with Gasteiger partial charge in [-0.1, -0.05) is 45.0 Å². The molecular formula is C19H20O3. The first-order chi connectivity index (χ1) is 10.3. The van der Waals surface area contributed by atoms with E-state index in [4.69, 9.17) is 9.84 Å². The number of ether oxygens (including phenoxy) is 1. The minimum atomic E-state index is -0.910. The van der Waals surface area contributed by atoms with Gasteiger partial charge >= 0.3 is 5.97 Å². The van der Waals surface area contributed by atoms with Crippen LogP contribution in [0.3, 0.4) is 0 Å². The maximum atomic E-state index is 11.1. The van der Waals surface area contributed by atoms with E-state index < -0.39 is 5.97 Å². The number of rotatable bonds is 2. The van der Waals surface area contributed by atoms with E-state index >= 15 is 0 Å². The molecular weight excluding hydrogens is 276 g/mol. The molecule has 2 aromatic rings. The van der Waals surface area contributed by atoms with Gasteiger partial charge in [0, 0.05) is 6.42 Å². The summed E-state index contributed by atoms with van der Waals surface area (Å²) in [5.74, 6) is -0.00823. The topological polar surface area (TPSA) is 46.5 Å². The molecule has 1 aliphatic heterocycles. The lowest BCUT2D eigenvalue weighted by atomic mass is 9.85. The standard InChI is InChI=1S/C19H20O3/c1-19(2,3)15-7-8-16-14(10-15)11-17(22-16)12-5-4-6-13(9-12)18(20)21/h4-10,17H,11H2,1-3H3,(H,20,21). The normalized spacial score (nSPS) is 17.0. The van der Waals surface area contributed by atoms with E-state index in [1.54, 1.807) is 18.2 Å². The molecule has 1 atom stereocenters. The van der Waals surface area contributed by atoms with Crippen LogP contribution < -0.4 is 4.74 Å². The molecule has 3 nitrogen and oxygen atoms in total. The van der Waals surface area contributed by atoms with E-state index in [1.807, 2.05) is 12.1 Å². The van der Waals surface area contributed by atoms with E-state index in [-0.39, 0.29) is 11.5 Å². The Hall–Kier alpha value is -2.29. The summed E-state index contributed by atoms with van der Waals surface area (Å²) in [6.07, 6.45) is 0.673. The van der Waals surface area contributed by atoms with Crippen LogP contribution in [-0.2, 0) is 11.8 Å². The molecule has 2 aromatic carbocycles. The molecule has 0 bridgehead atoms. The predicted octanol–water partition coefficient (Wildman–Crippen LogP) is 4.36. The fraction of sp³-hybridized carbons (Fsp3) is 0.316. The Morgan fingerprint density at radius 1 is 1.18 bits per heavy atom. The van der Waals surface area contributed by atoms with Crippen molar-refractivity contribution in [2.45, 2.75) is 38.7 Å². The molecule has 1 unspecified atom stereocenters. The summed E-state index contributed by atoms with van der Waals surface area (Å²) < 4.78 is 6.00. The van der Waals surface area contributed by atoms with Crippen molar-refractivity contribution in [3.05, 3.63) is 64.7 Å². The van der Waals surface area contributed by atoms with Crippen LogP contribution in [0, 0.1) is 0 Å². The van der Waals surface area contributed by atoms with Gasteiger partial charge in [-0.15, -0.1) is 0 Å². The Balaban J connectivity index is 1.88. The predicted molar refractivity (Wildman–Crippen MR) is 85.6 cm³/mol. The van der Waals surface area contributed by atoms with Crippen molar-refractivity contribution in [1.82, 2.24) is 0 Å². The van der Waals surface area contributed by atoms with Crippen molar-refractivity contribution in [2.24, 2.45) is 0 Å². The molecule has 114 valence electrons. The minimum absolute atomic E-state index is 0.107. The van der Waals surface area contributed by atoms with Crippen molar-refractivity contribution in [3.63, 3.8) is 0 Å². The van der Waals surface area contributed by atoms with Gasteiger partial charge in [-0.05, 0) is 40.3 Å². The molecule has 3 rings (SSSR count). The van der Waals surface area contributed by atoms with Crippen LogP contribution >= 0.6 is 0 Å². The number of carbonyl (C=O) groups is 1. The number of fused-ring (bicyclic) bond motifs is 1. The van der Waals surface area contributed by atoms with Crippen LogP contribution in [0.5, 0.6) is 5.75 Å². The van der Waals surface area contributed by atoms with E-state index in [2.05, 4.69) is 32.9 Å². The van der Waals surface area contributed by atoms with Crippen LogP contribution in [-0.4, -0.2) is 11.1 Å². The Morgan fingerprint density at radius 2 is 1.95 bits per heavy atom. The van der Waals surface area contributed by atoms with Gasteiger partial charge in [0.1, 0.15) is 11.9 Å². The molecule has 0 aliphatic carbocycles. The van der Waals surface area contributed by atoms with Gasteiger partial charge < -0.3 is 9.84 Å². The largest absolute Gasteiger partial charge is 0.485 e. The zero-order valence-corrected chi connectivity index (χ0v) is 13.1. The van der Waals surface area contributed by atoms with Gasteiger partial charge in [-0.2, -0.15) is 0 Å². The summed E-state index contributed by atoms with van der Waals surface area (Å²) in [6, 6.07) is 13.3. The summed E-state index contributed by atoms with van der Waals surface area (Å²) in [7, 11) is 0. The maximum absolute atomic E-state index is 11.1. The number of carboxylic acid groups (broad SMARTS) is 1. The third-order valence-electron chi connectivity index (χ3n) is 4.11. The Labute approximate surface area is 130 Å². The van der Waals surface area contributed by atoms with Gasteiger partial charge in [0.25, 0.3) is 0 Å². The first kappa shape index (κ1) is 14.6. The van der Waals surface area contributed by atoms with Gasteiger partial charge in [0.2, 0.25) is 0 Å². The fourth-order valence-corrected chi connectivity index (χ4v) is 2.77. The number of hydrogen-bond acceptors (Lipinski definition) is 2. The molecule has 0 radical (unpaired) electrons. The third-order valence-corrected chi connectivity index (χ3v) is 4.11. The molecule has 0 amide bonds. The van der Waals surface area contributed by atoms with E-state index in [1.165, 1.54) is 11.1 Å². The summed E-state index contributed by atoms with van der Waals surface area (Å²) in [4.78, 5) is 11.1. The SMILES string of the molecule is CC(C)(C)c1ccc2c(c1)CC(c1cccc(C(=O)O)c1)O2. The zero-order valence-electron chi connectivity index (χ0n) is 13.1. The lowest BCUT2D eigenvalue weighted by Crippen LogP contribution is -2.10. The number of aromatic carboxylic acids is 1. The summed E-state index contributed by atoms with van der Waals surface area (Å²) >= 11 is 0. The average Bonchev–Trinajstić information content (AvgIpc) is 2.89. The summed E-state index contributed by atoms with van der Waals surface area (Å²) in [5.41, 5.74) is 3.80. The first-order valence-corrected chi connectivity index (χ1v) is 7.48. The van der Waals surface area contributed by atoms with Crippen molar-refractivity contribution in [1.29, 1.82) is 0 Å². The number of benzene rings is 2. The molecule has 0 saturated heterocycles. The molecule has 0 aromatic heterocycles. The average molecular weight is 296 g/mol. The van der Waals surface area contributed by atoms with Crippen LogP contribution in [0.2, 0.25) is 0 Å². The van der Waals surface area contributed by atoms with E-state index in [0.29, 0.717) is 5.56 Å². The minimum Gasteiger partial charge on any atom is -0.485 e. The monoisotopic (exact) mass is 296 g/mol. The molecule has 22 heavy (non-hydrogen) atoms. The third kappa shape index (κ3) is 2.71. The molecule has 3 heteroatoms. The van der Waals surface area contributed by atoms with E-state index in [9.17, 15) is 4.79 Å². The molecule has 0 saturated carbocycles. The van der Waals surface area contributed by atoms with Crippen molar-refractivity contribution >= 4 is 5.97 Å². The van der Waals surface area contributed by atoms with Crippen molar-refractivity contribution in [2.75, 3.05) is 0 Å². The maximum Gasteiger partial charge on any atom is 0.335 e. The van der Waals surface area contributed by atoms with Gasteiger partial charge in [-0.25, -0.2) is 4.79 Å². The Kier molecular flexibility index (Phi) is 3.44. The second-order valence-electron chi connectivity index (χ2n) is 6.81. The van der Waals surface area contributed by atoms with Crippen LogP contribution in [0.15, 0.2) is 42.5 Å². The number of hydrogen-bond donors (Lipinski definition) is 1. The van der Waals surface area contributed by atoms with E-state index in [0.717, 1.165) is 17.7 Å². The van der Waals surface area contributed by atoms with Gasteiger partial charge in [0.05, 0.1) is 5.56 Å². The molecule has 0 spiro atoms. The highest BCUT2D eigenvalue weighted by atomic mass is 16.5. The highest BCUT2D eigenvalue weighted by molar-refractivity contribution is 5.87. The molecule has 1 aliphatic rings. The molecule has 0 fully saturated rings. The van der Waals surface area contributed by atoms with Crippen LogP contribution in [0.25, 0.3) is 0 Å². The number of carboxylic acids is 1. The molecule has 1 heterocycles. The Morgan fingerprint density at radius 3 is 2.64 bits per heavy atom. The summed E-state index contributed by atoms with van der Waals surface area (Å²) in [5, 5.41) is 9.11. The summed E-state index contributed by atoms with van der Waals surface area (Å²) in [6.45, 7) is 6.58. The second kappa shape index (κ2) is 5.16. The lowest BCUT2D eigenvalue weighted by Gasteiger charge is -2.19. The highest BCUT2D eigenvalue weighted by Gasteiger charge is 2.26. The lowest BCUT2D eigenvalue weighted by molar-refractivity contribution is 0.0696. The molecule has 1 N–H and O–H groups in total. The second-order valence-corrected chi connectivity index (χ2v) is 6.81. The highest BCUT2D eigenvalue weighted by Crippen LogP contribution is 2.39. The van der Waals surface area contributed by atoms with Gasteiger partial charge in [0.15, 0.2) is 0 Å². The van der Waals surface area contributed by atoms with Crippen molar-refractivity contribution in [3.8, 4) is 5.75 Å².